The van der Waals surface area contributed by atoms with Crippen LogP contribution < -0.4 is 5.73 Å². The highest BCUT2D eigenvalue weighted by molar-refractivity contribution is 4.94. The average Bonchev–Trinajstić information content (AvgIpc) is 2.15. The summed E-state index contributed by atoms with van der Waals surface area (Å²) in [6.45, 7) is 14.2. The lowest BCUT2D eigenvalue weighted by molar-refractivity contribution is -0.0612. The lowest BCUT2D eigenvalue weighted by Gasteiger charge is -2.46. The fraction of sp³-hybridized carbons (Fsp3) is 1.00. The summed E-state index contributed by atoms with van der Waals surface area (Å²) in [4.78, 5) is 2.50. The molecule has 1 saturated heterocycles. The summed E-state index contributed by atoms with van der Waals surface area (Å²) < 4.78 is 5.64. The largest absolute Gasteiger partial charge is 0.377 e. The topological polar surface area (TPSA) is 38.5 Å². The molecule has 1 aliphatic heterocycles. The van der Waals surface area contributed by atoms with Crippen LogP contribution in [-0.2, 0) is 4.74 Å². The van der Waals surface area contributed by atoms with Gasteiger partial charge in [-0.15, -0.1) is 0 Å². The Balaban J connectivity index is 2.64. The van der Waals surface area contributed by atoms with Crippen molar-refractivity contribution < 1.29 is 4.74 Å². The Morgan fingerprint density at radius 1 is 1.29 bits per heavy atom. The predicted octanol–water partition coefficient (Wildman–Crippen LogP) is 2.25. The highest BCUT2D eigenvalue weighted by atomic mass is 16.5. The zero-order chi connectivity index (χ0) is 13.3. The standard InChI is InChI=1S/C14H30N2O/c1-12(2,13(3,4)15)10-16-9-7-8-14(5,11-16)17-6/h7-11,15H2,1-6H3. The van der Waals surface area contributed by atoms with E-state index in [2.05, 4.69) is 39.5 Å². The van der Waals surface area contributed by atoms with E-state index in [9.17, 15) is 0 Å². The molecule has 1 rings (SSSR count). The molecular formula is C14H30N2O. The van der Waals surface area contributed by atoms with Gasteiger partial charge >= 0.3 is 0 Å². The van der Waals surface area contributed by atoms with Gasteiger partial charge in [-0.05, 0) is 45.6 Å². The third-order valence-electron chi connectivity index (χ3n) is 4.59. The second-order valence-electron chi connectivity index (χ2n) is 7.07. The Bertz CT molecular complexity index is 257. The number of hydrogen-bond donors (Lipinski definition) is 1. The van der Waals surface area contributed by atoms with E-state index in [4.69, 9.17) is 10.5 Å². The second kappa shape index (κ2) is 4.87. The third-order valence-corrected chi connectivity index (χ3v) is 4.59. The van der Waals surface area contributed by atoms with Crippen LogP contribution in [-0.4, -0.2) is 42.8 Å². The molecule has 0 bridgehead atoms. The zero-order valence-corrected chi connectivity index (χ0v) is 12.5. The summed E-state index contributed by atoms with van der Waals surface area (Å²) in [5.74, 6) is 0. The van der Waals surface area contributed by atoms with Gasteiger partial charge < -0.3 is 10.5 Å². The number of hydrogen-bond acceptors (Lipinski definition) is 3. The van der Waals surface area contributed by atoms with E-state index in [0.29, 0.717) is 0 Å². The van der Waals surface area contributed by atoms with Crippen molar-refractivity contribution in [3.8, 4) is 0 Å². The minimum absolute atomic E-state index is 0.0209. The summed E-state index contributed by atoms with van der Waals surface area (Å²) >= 11 is 0. The van der Waals surface area contributed by atoms with Crippen LogP contribution in [0.3, 0.4) is 0 Å². The van der Waals surface area contributed by atoms with Crippen molar-refractivity contribution in [2.24, 2.45) is 11.1 Å². The zero-order valence-electron chi connectivity index (χ0n) is 12.5. The normalized spacial score (nSPS) is 28.4. The number of ether oxygens (including phenoxy) is 1. The monoisotopic (exact) mass is 242 g/mol. The first-order valence-electron chi connectivity index (χ1n) is 6.66. The van der Waals surface area contributed by atoms with Gasteiger partial charge in [0.05, 0.1) is 5.60 Å². The number of nitrogens with two attached hydrogens (primary N) is 1. The van der Waals surface area contributed by atoms with Crippen molar-refractivity contribution in [1.29, 1.82) is 0 Å². The fourth-order valence-electron chi connectivity index (χ4n) is 2.37. The lowest BCUT2D eigenvalue weighted by Crippen LogP contribution is -2.56. The molecule has 1 aliphatic rings. The van der Waals surface area contributed by atoms with Gasteiger partial charge in [-0.1, -0.05) is 13.8 Å². The summed E-state index contributed by atoms with van der Waals surface area (Å²) in [6.07, 6.45) is 2.37. The predicted molar refractivity (Wildman–Crippen MR) is 73.1 cm³/mol. The van der Waals surface area contributed by atoms with Crippen molar-refractivity contribution in [2.45, 2.75) is 58.6 Å². The number of rotatable bonds is 4. The molecule has 1 unspecified atom stereocenters. The number of likely N-dealkylation sites (tertiary alicyclic amines) is 1. The molecule has 3 heteroatoms. The van der Waals surface area contributed by atoms with Crippen LogP contribution >= 0.6 is 0 Å². The van der Waals surface area contributed by atoms with E-state index in [-0.39, 0.29) is 16.6 Å². The Hall–Kier alpha value is -0.120. The third kappa shape index (κ3) is 3.67. The van der Waals surface area contributed by atoms with Gasteiger partial charge in [0.2, 0.25) is 0 Å². The van der Waals surface area contributed by atoms with Crippen LogP contribution in [0.2, 0.25) is 0 Å². The summed E-state index contributed by atoms with van der Waals surface area (Å²) in [5, 5.41) is 0. The van der Waals surface area contributed by atoms with Crippen LogP contribution in [0.5, 0.6) is 0 Å². The van der Waals surface area contributed by atoms with Gasteiger partial charge in [0.1, 0.15) is 0 Å². The van der Waals surface area contributed by atoms with Crippen molar-refractivity contribution in [2.75, 3.05) is 26.7 Å². The number of nitrogens with zero attached hydrogens (tertiary/aromatic N) is 1. The maximum absolute atomic E-state index is 6.27. The lowest BCUT2D eigenvalue weighted by atomic mass is 9.74. The Morgan fingerprint density at radius 2 is 1.88 bits per heavy atom. The smallest absolute Gasteiger partial charge is 0.0777 e. The van der Waals surface area contributed by atoms with E-state index in [1.165, 1.54) is 13.0 Å². The molecule has 102 valence electrons. The number of piperidine rings is 1. The molecule has 0 aromatic heterocycles. The van der Waals surface area contributed by atoms with Crippen LogP contribution in [0.4, 0.5) is 0 Å². The highest BCUT2D eigenvalue weighted by Crippen LogP contribution is 2.32. The molecule has 0 spiro atoms. The van der Waals surface area contributed by atoms with Crippen LogP contribution in [0.25, 0.3) is 0 Å². The van der Waals surface area contributed by atoms with Gasteiger partial charge in [0.25, 0.3) is 0 Å². The summed E-state index contributed by atoms with van der Waals surface area (Å²) in [5.41, 5.74) is 6.24. The maximum Gasteiger partial charge on any atom is 0.0777 e. The Morgan fingerprint density at radius 3 is 2.35 bits per heavy atom. The Kier molecular flexibility index (Phi) is 4.28. The molecular weight excluding hydrogens is 212 g/mol. The Labute approximate surface area is 107 Å². The molecule has 1 fully saturated rings. The van der Waals surface area contributed by atoms with Gasteiger partial charge in [0.15, 0.2) is 0 Å². The maximum atomic E-state index is 6.27. The van der Waals surface area contributed by atoms with Gasteiger partial charge in [-0.2, -0.15) is 0 Å². The molecule has 0 aromatic rings. The van der Waals surface area contributed by atoms with Gasteiger partial charge in [-0.3, -0.25) is 4.90 Å². The molecule has 2 N–H and O–H groups in total. The first kappa shape index (κ1) is 14.9. The average molecular weight is 242 g/mol. The highest BCUT2D eigenvalue weighted by Gasteiger charge is 2.38. The minimum Gasteiger partial charge on any atom is -0.377 e. The van der Waals surface area contributed by atoms with E-state index in [1.54, 1.807) is 0 Å². The van der Waals surface area contributed by atoms with Gasteiger partial charge in [-0.25, -0.2) is 0 Å². The first-order valence-corrected chi connectivity index (χ1v) is 6.66. The quantitative estimate of drug-likeness (QED) is 0.822. The van der Waals surface area contributed by atoms with Crippen LogP contribution in [0, 0.1) is 5.41 Å². The second-order valence-corrected chi connectivity index (χ2v) is 7.07. The van der Waals surface area contributed by atoms with Crippen LogP contribution in [0.15, 0.2) is 0 Å². The van der Waals surface area contributed by atoms with E-state index in [0.717, 1.165) is 19.5 Å². The van der Waals surface area contributed by atoms with E-state index < -0.39 is 0 Å². The van der Waals surface area contributed by atoms with Crippen molar-refractivity contribution in [1.82, 2.24) is 4.90 Å². The molecule has 0 amide bonds. The molecule has 1 atom stereocenters. The molecule has 0 saturated carbocycles. The molecule has 3 nitrogen and oxygen atoms in total. The fourth-order valence-corrected chi connectivity index (χ4v) is 2.37. The molecule has 0 radical (unpaired) electrons. The van der Waals surface area contributed by atoms with Crippen molar-refractivity contribution in [3.63, 3.8) is 0 Å². The first-order chi connectivity index (χ1) is 7.60. The summed E-state index contributed by atoms with van der Waals surface area (Å²) in [6, 6.07) is 0. The minimum atomic E-state index is -0.159. The van der Waals surface area contributed by atoms with E-state index in [1.807, 2.05) is 7.11 Å². The molecule has 0 aliphatic carbocycles. The number of methoxy groups -OCH3 is 1. The van der Waals surface area contributed by atoms with Crippen LogP contribution in [0.1, 0.15) is 47.5 Å². The molecule has 0 aromatic carbocycles. The van der Waals surface area contributed by atoms with Gasteiger partial charge in [0, 0.05) is 25.7 Å². The van der Waals surface area contributed by atoms with Crippen molar-refractivity contribution >= 4 is 0 Å². The summed E-state index contributed by atoms with van der Waals surface area (Å²) in [7, 11) is 1.82. The molecule has 17 heavy (non-hydrogen) atoms. The van der Waals surface area contributed by atoms with E-state index >= 15 is 0 Å². The molecule has 1 heterocycles. The van der Waals surface area contributed by atoms with Crippen molar-refractivity contribution in [3.05, 3.63) is 0 Å². The SMILES string of the molecule is COC1(C)CCCN(CC(C)(C)C(C)(C)N)C1.